The van der Waals surface area contributed by atoms with Gasteiger partial charge in [-0.3, -0.25) is 25.0 Å². The summed E-state index contributed by atoms with van der Waals surface area (Å²) >= 11 is 0. The molecule has 10 heteroatoms. The van der Waals surface area contributed by atoms with Crippen LogP contribution in [0.2, 0.25) is 0 Å². The molecule has 3 N–H and O–H groups in total. The Kier molecular flexibility index (Phi) is 7.11. The number of imide groups is 1. The van der Waals surface area contributed by atoms with Gasteiger partial charge in [-0.05, 0) is 38.0 Å². The Morgan fingerprint density at radius 3 is 2.86 bits per heavy atom. The second-order valence-electron chi connectivity index (χ2n) is 9.20. The molecule has 10 nitrogen and oxygen atoms in total. The molecule has 2 aromatic rings. The first kappa shape index (κ1) is 24.3. The Morgan fingerprint density at radius 1 is 1.37 bits per heavy atom. The van der Waals surface area contributed by atoms with E-state index in [9.17, 15) is 9.59 Å². The normalized spacial score (nSPS) is 20.0. The molecule has 0 spiro atoms. The summed E-state index contributed by atoms with van der Waals surface area (Å²) < 4.78 is 11.4. The predicted molar refractivity (Wildman–Crippen MR) is 132 cm³/mol. The van der Waals surface area contributed by atoms with Gasteiger partial charge in [0.15, 0.2) is 0 Å². The number of nitrogens with two attached hydrogens (primary N) is 1. The first-order valence-electron chi connectivity index (χ1n) is 11.5. The Balaban J connectivity index is 1.42. The minimum Gasteiger partial charge on any atom is -0.455 e. The van der Waals surface area contributed by atoms with Crippen molar-refractivity contribution < 1.29 is 19.1 Å². The number of aryl methyl sites for hydroxylation is 1. The molecule has 0 unspecified atom stereocenters. The number of allylic oxidation sites excluding steroid dienone is 1. The zero-order valence-electron chi connectivity index (χ0n) is 20.2. The lowest BCUT2D eigenvalue weighted by molar-refractivity contribution is -0.131. The van der Waals surface area contributed by atoms with E-state index in [0.29, 0.717) is 53.9 Å². The van der Waals surface area contributed by atoms with E-state index in [2.05, 4.69) is 20.3 Å². The number of carbonyl (C=O) groups is 2. The number of amides is 3. The van der Waals surface area contributed by atoms with E-state index in [4.69, 9.17) is 15.2 Å². The molecule has 35 heavy (non-hydrogen) atoms. The highest BCUT2D eigenvalue weighted by atomic mass is 16.5. The minimum absolute atomic E-state index is 0.132. The maximum absolute atomic E-state index is 12.5. The molecular weight excluding hydrogens is 448 g/mol. The van der Waals surface area contributed by atoms with E-state index >= 15 is 0 Å². The minimum atomic E-state index is -0.530. The molecule has 0 bridgehead atoms. The number of urea groups is 1. The second kappa shape index (κ2) is 10.2. The molecule has 2 aliphatic heterocycles. The predicted octanol–water partition coefficient (Wildman–Crippen LogP) is 3.53. The third-order valence-electron chi connectivity index (χ3n) is 6.07. The molecule has 4 rings (SSSR count). The fourth-order valence-electron chi connectivity index (χ4n) is 3.84. The first-order chi connectivity index (χ1) is 16.8. The van der Waals surface area contributed by atoms with Gasteiger partial charge < -0.3 is 15.2 Å². The summed E-state index contributed by atoms with van der Waals surface area (Å²) in [4.78, 5) is 39.5. The molecule has 1 atom stereocenters. The lowest BCUT2D eigenvalue weighted by atomic mass is 9.92. The monoisotopic (exact) mass is 478 g/mol. The summed E-state index contributed by atoms with van der Waals surface area (Å²) in [7, 11) is 0. The van der Waals surface area contributed by atoms with E-state index in [0.717, 1.165) is 13.0 Å². The number of aromatic nitrogens is 2. The van der Waals surface area contributed by atoms with Crippen molar-refractivity contribution in [3.8, 4) is 11.5 Å². The number of pyridine rings is 2. The number of anilines is 1. The fourth-order valence-corrected chi connectivity index (χ4v) is 3.84. The molecule has 0 aliphatic carbocycles. The summed E-state index contributed by atoms with van der Waals surface area (Å²) in [5.41, 5.74) is 7.15. The molecule has 4 heterocycles. The summed E-state index contributed by atoms with van der Waals surface area (Å²) in [6, 6.07) is 6.50. The van der Waals surface area contributed by atoms with Gasteiger partial charge in [0, 0.05) is 48.8 Å². The molecule has 3 amide bonds. The number of hydrogen-bond donors (Lipinski definition) is 2. The summed E-state index contributed by atoms with van der Waals surface area (Å²) in [6.07, 6.45) is 6.32. The Hall–Kier alpha value is -3.79. The van der Waals surface area contributed by atoms with E-state index in [1.54, 1.807) is 43.6 Å². The maximum atomic E-state index is 12.5. The molecule has 2 fully saturated rings. The molecule has 184 valence electrons. The number of ether oxygens (including phenoxy) is 2. The zero-order chi connectivity index (χ0) is 25.0. The highest BCUT2D eigenvalue weighted by Crippen LogP contribution is 2.31. The number of rotatable bonds is 6. The quantitative estimate of drug-likeness (QED) is 0.607. The van der Waals surface area contributed by atoms with E-state index in [1.165, 1.54) is 11.1 Å². The topological polar surface area (TPSA) is 132 Å². The van der Waals surface area contributed by atoms with Gasteiger partial charge in [0.2, 0.25) is 5.91 Å². The van der Waals surface area contributed by atoms with Gasteiger partial charge in [-0.15, -0.1) is 0 Å². The van der Waals surface area contributed by atoms with Crippen molar-refractivity contribution in [1.29, 1.82) is 0 Å². The van der Waals surface area contributed by atoms with Crippen LogP contribution < -0.4 is 15.8 Å². The molecule has 2 saturated heterocycles. The lowest BCUT2D eigenvalue weighted by Crippen LogP contribution is -2.39. The number of aliphatic imine (C=N–C) groups is 1. The van der Waals surface area contributed by atoms with Crippen LogP contribution in [0.4, 0.5) is 10.6 Å². The summed E-state index contributed by atoms with van der Waals surface area (Å²) in [5, 5.41) is 2.70. The number of nitrogens with one attached hydrogen (secondary N) is 1. The van der Waals surface area contributed by atoms with Gasteiger partial charge in [-0.1, -0.05) is 13.8 Å². The summed E-state index contributed by atoms with van der Waals surface area (Å²) in [6.45, 7) is 7.17. The lowest BCUT2D eigenvalue weighted by Gasteiger charge is -2.18. The SMILES string of the molecule is Cc1nc(NC(=O)N2CCC(C)(C)C2=O)ccc1Oc1ccnc(C(C=N[C@H]2CCOC2)=CN)c1. The molecular formula is C25H30N6O4. The van der Waals surface area contributed by atoms with Crippen molar-refractivity contribution >= 4 is 29.5 Å². The van der Waals surface area contributed by atoms with Crippen LogP contribution in [0, 0.1) is 12.3 Å². The van der Waals surface area contributed by atoms with Crippen LogP contribution in [0.1, 0.15) is 38.1 Å². The van der Waals surface area contributed by atoms with Gasteiger partial charge in [0.25, 0.3) is 0 Å². The smallest absolute Gasteiger partial charge is 0.329 e. The molecule has 0 radical (unpaired) electrons. The van der Waals surface area contributed by atoms with Crippen molar-refractivity contribution in [1.82, 2.24) is 14.9 Å². The Morgan fingerprint density at radius 2 is 2.20 bits per heavy atom. The van der Waals surface area contributed by atoms with Crippen LogP contribution in [0.15, 0.2) is 41.7 Å². The second-order valence-corrected chi connectivity index (χ2v) is 9.20. The van der Waals surface area contributed by atoms with Crippen LogP contribution >= 0.6 is 0 Å². The maximum Gasteiger partial charge on any atom is 0.329 e. The Bertz CT molecular complexity index is 1170. The first-order valence-corrected chi connectivity index (χ1v) is 11.5. The molecule has 0 saturated carbocycles. The molecule has 2 aliphatic rings. The summed E-state index contributed by atoms with van der Waals surface area (Å²) in [5.74, 6) is 1.23. The van der Waals surface area contributed by atoms with Gasteiger partial charge in [-0.25, -0.2) is 9.78 Å². The largest absolute Gasteiger partial charge is 0.455 e. The highest BCUT2D eigenvalue weighted by molar-refractivity contribution is 6.09. The third kappa shape index (κ3) is 5.65. The van der Waals surface area contributed by atoms with E-state index in [1.807, 2.05) is 13.8 Å². The van der Waals surface area contributed by atoms with Crippen molar-refractivity contribution in [2.75, 3.05) is 25.1 Å². The van der Waals surface area contributed by atoms with Crippen molar-refractivity contribution in [2.24, 2.45) is 16.1 Å². The van der Waals surface area contributed by atoms with Crippen LogP contribution in [0.3, 0.4) is 0 Å². The number of likely N-dealkylation sites (tertiary alicyclic amines) is 1. The van der Waals surface area contributed by atoms with Gasteiger partial charge in [0.1, 0.15) is 17.3 Å². The average Bonchev–Trinajstić information content (AvgIpc) is 3.44. The molecule has 2 aromatic heterocycles. The number of hydrogen-bond acceptors (Lipinski definition) is 8. The van der Waals surface area contributed by atoms with E-state index < -0.39 is 11.4 Å². The van der Waals surface area contributed by atoms with Gasteiger partial charge in [0.05, 0.1) is 24.0 Å². The van der Waals surface area contributed by atoms with E-state index in [-0.39, 0.29) is 11.9 Å². The highest BCUT2D eigenvalue weighted by Gasteiger charge is 2.41. The average molecular weight is 479 g/mol. The van der Waals surface area contributed by atoms with Crippen LogP contribution in [0.5, 0.6) is 11.5 Å². The van der Waals surface area contributed by atoms with Crippen LogP contribution in [0.25, 0.3) is 5.57 Å². The van der Waals surface area contributed by atoms with Gasteiger partial charge >= 0.3 is 6.03 Å². The zero-order valence-corrected chi connectivity index (χ0v) is 20.2. The third-order valence-corrected chi connectivity index (χ3v) is 6.07. The van der Waals surface area contributed by atoms with Crippen molar-refractivity contribution in [2.45, 2.75) is 39.7 Å². The number of nitrogens with zero attached hydrogens (tertiary/aromatic N) is 4. The standard InChI is InChI=1S/C25H30N6O4/c1-16-21(4-5-22(29-16)30-24(33)31-10-8-25(2,3)23(31)32)35-19-6-9-27-20(12-19)17(13-26)14-28-18-7-11-34-15-18/h4-6,9,12-14,18H,7-8,10-11,15,26H2,1-3H3,(H,29,30,33)/t18-/m0/s1. The van der Waals surface area contributed by atoms with Crippen molar-refractivity contribution in [3.05, 3.63) is 48.1 Å². The Labute approximate surface area is 204 Å². The molecule has 0 aromatic carbocycles. The number of carbonyl (C=O) groups excluding carboxylic acids is 2. The van der Waals surface area contributed by atoms with Crippen molar-refractivity contribution in [3.63, 3.8) is 0 Å². The van der Waals surface area contributed by atoms with Crippen LogP contribution in [-0.4, -0.2) is 58.8 Å². The van der Waals surface area contributed by atoms with Gasteiger partial charge in [-0.2, -0.15) is 0 Å². The fraction of sp³-hybridized carbons (Fsp3) is 0.400. The van der Waals surface area contributed by atoms with Crippen LogP contribution in [-0.2, 0) is 9.53 Å².